The number of hydrogen-bond donors (Lipinski definition) is 4. The lowest BCUT2D eigenvalue weighted by Crippen LogP contribution is -2.29. The molecule has 0 aliphatic heterocycles. The van der Waals surface area contributed by atoms with E-state index < -0.39 is 12.2 Å². The number of aliphatic hydroxyl groups excluding tert-OH is 3. The molecular formula is C7H17NO3. The molecule has 4 N–H and O–H groups in total. The van der Waals surface area contributed by atoms with Gasteiger partial charge in [0.05, 0.1) is 12.7 Å². The van der Waals surface area contributed by atoms with E-state index in [2.05, 4.69) is 5.32 Å². The van der Waals surface area contributed by atoms with Gasteiger partial charge in [-0.15, -0.1) is 0 Å². The molecule has 0 aromatic carbocycles. The van der Waals surface area contributed by atoms with Gasteiger partial charge in [0.25, 0.3) is 0 Å². The summed E-state index contributed by atoms with van der Waals surface area (Å²) in [5.74, 6) is 0. The maximum absolute atomic E-state index is 9.11. The van der Waals surface area contributed by atoms with Gasteiger partial charge in [0.1, 0.15) is 6.10 Å². The third kappa shape index (κ3) is 5.15. The predicted molar refractivity (Wildman–Crippen MR) is 42.3 cm³/mol. The zero-order valence-electron chi connectivity index (χ0n) is 6.82. The quantitative estimate of drug-likeness (QED) is 0.367. The van der Waals surface area contributed by atoms with Gasteiger partial charge in [0.15, 0.2) is 0 Å². The number of rotatable bonds is 6. The topological polar surface area (TPSA) is 72.7 Å². The first-order valence-electron chi connectivity index (χ1n) is 3.84. The van der Waals surface area contributed by atoms with E-state index in [9.17, 15) is 0 Å². The van der Waals surface area contributed by atoms with Crippen LogP contribution in [0.1, 0.15) is 12.8 Å². The molecule has 0 heterocycles. The molecule has 0 rings (SSSR count). The van der Waals surface area contributed by atoms with E-state index in [0.717, 1.165) is 13.0 Å². The van der Waals surface area contributed by atoms with E-state index >= 15 is 0 Å². The number of hydrogen-bond acceptors (Lipinski definition) is 4. The zero-order chi connectivity index (χ0) is 8.69. The van der Waals surface area contributed by atoms with Crippen molar-refractivity contribution in [1.29, 1.82) is 0 Å². The summed E-state index contributed by atoms with van der Waals surface area (Å²) in [7, 11) is 1.83. The SMILES string of the molecule is CNCCCC(O)C(O)CO. The van der Waals surface area contributed by atoms with Gasteiger partial charge < -0.3 is 20.6 Å². The molecule has 2 unspecified atom stereocenters. The normalized spacial score (nSPS) is 16.4. The standard InChI is InChI=1S/C7H17NO3/c1-8-4-2-3-6(10)7(11)5-9/h6-11H,2-5H2,1H3. The molecule has 0 spiro atoms. The average Bonchev–Trinajstić information content (AvgIpc) is 2.03. The van der Waals surface area contributed by atoms with Crippen LogP contribution in [0.4, 0.5) is 0 Å². The Morgan fingerprint density at radius 2 is 1.91 bits per heavy atom. The summed E-state index contributed by atoms with van der Waals surface area (Å²) in [4.78, 5) is 0. The van der Waals surface area contributed by atoms with Crippen molar-refractivity contribution < 1.29 is 15.3 Å². The predicted octanol–water partition coefficient (Wildman–Crippen LogP) is -1.30. The molecule has 0 saturated carbocycles. The van der Waals surface area contributed by atoms with Crippen molar-refractivity contribution in [2.45, 2.75) is 25.0 Å². The van der Waals surface area contributed by atoms with Crippen LogP contribution in [0.3, 0.4) is 0 Å². The van der Waals surface area contributed by atoms with Crippen LogP contribution in [-0.2, 0) is 0 Å². The molecule has 0 bridgehead atoms. The fourth-order valence-corrected chi connectivity index (χ4v) is 0.802. The van der Waals surface area contributed by atoms with Crippen LogP contribution < -0.4 is 5.32 Å². The maximum atomic E-state index is 9.11. The maximum Gasteiger partial charge on any atom is 0.103 e. The summed E-state index contributed by atoms with van der Waals surface area (Å²) in [6, 6.07) is 0. The molecule has 0 fully saturated rings. The highest BCUT2D eigenvalue weighted by Gasteiger charge is 2.13. The Kier molecular flexibility index (Phi) is 6.45. The Balaban J connectivity index is 3.28. The monoisotopic (exact) mass is 163 g/mol. The van der Waals surface area contributed by atoms with E-state index in [-0.39, 0.29) is 6.61 Å². The molecule has 0 aromatic heterocycles. The molecule has 0 amide bonds. The second kappa shape index (κ2) is 6.54. The van der Waals surface area contributed by atoms with Gasteiger partial charge >= 0.3 is 0 Å². The molecule has 0 radical (unpaired) electrons. The molecule has 0 aliphatic carbocycles. The van der Waals surface area contributed by atoms with Gasteiger partial charge in [0, 0.05) is 0 Å². The second-order valence-electron chi connectivity index (χ2n) is 2.56. The lowest BCUT2D eigenvalue weighted by molar-refractivity contribution is -0.0181. The minimum Gasteiger partial charge on any atom is -0.394 e. The highest BCUT2D eigenvalue weighted by atomic mass is 16.4. The molecule has 4 heteroatoms. The Morgan fingerprint density at radius 1 is 1.27 bits per heavy atom. The summed E-state index contributed by atoms with van der Waals surface area (Å²) < 4.78 is 0. The van der Waals surface area contributed by atoms with Crippen molar-refractivity contribution in [1.82, 2.24) is 5.32 Å². The first kappa shape index (κ1) is 10.8. The van der Waals surface area contributed by atoms with Crippen molar-refractivity contribution in [2.75, 3.05) is 20.2 Å². The fraction of sp³-hybridized carbons (Fsp3) is 1.00. The molecule has 0 saturated heterocycles. The first-order chi connectivity index (χ1) is 5.22. The highest BCUT2D eigenvalue weighted by Crippen LogP contribution is 2.00. The lowest BCUT2D eigenvalue weighted by Gasteiger charge is -2.14. The molecule has 68 valence electrons. The number of nitrogens with one attached hydrogen (secondary N) is 1. The van der Waals surface area contributed by atoms with Crippen LogP contribution in [-0.4, -0.2) is 47.7 Å². The second-order valence-corrected chi connectivity index (χ2v) is 2.56. The smallest absolute Gasteiger partial charge is 0.103 e. The van der Waals surface area contributed by atoms with Gasteiger partial charge in [-0.05, 0) is 26.4 Å². The van der Waals surface area contributed by atoms with Crippen LogP contribution in [0.25, 0.3) is 0 Å². The summed E-state index contributed by atoms with van der Waals surface area (Å²) in [5, 5.41) is 29.4. The molecule has 4 nitrogen and oxygen atoms in total. The number of aliphatic hydroxyl groups is 3. The van der Waals surface area contributed by atoms with E-state index in [4.69, 9.17) is 15.3 Å². The van der Waals surface area contributed by atoms with Crippen LogP contribution in [0.2, 0.25) is 0 Å². The Hall–Kier alpha value is -0.160. The van der Waals surface area contributed by atoms with Gasteiger partial charge in [-0.3, -0.25) is 0 Å². The largest absolute Gasteiger partial charge is 0.394 e. The lowest BCUT2D eigenvalue weighted by atomic mass is 10.1. The van der Waals surface area contributed by atoms with Crippen LogP contribution >= 0.6 is 0 Å². The summed E-state index contributed by atoms with van der Waals surface area (Å²) in [6.07, 6.45) is -0.475. The first-order valence-corrected chi connectivity index (χ1v) is 3.84. The Morgan fingerprint density at radius 3 is 2.36 bits per heavy atom. The minimum atomic E-state index is -0.994. The van der Waals surface area contributed by atoms with Gasteiger partial charge in [-0.1, -0.05) is 0 Å². The molecule has 0 aromatic rings. The van der Waals surface area contributed by atoms with Crippen LogP contribution in [0, 0.1) is 0 Å². The third-order valence-corrected chi connectivity index (χ3v) is 1.56. The zero-order valence-corrected chi connectivity index (χ0v) is 6.82. The summed E-state index contributed by atoms with van der Waals surface area (Å²) >= 11 is 0. The van der Waals surface area contributed by atoms with Gasteiger partial charge in [-0.2, -0.15) is 0 Å². The van der Waals surface area contributed by atoms with Crippen molar-refractivity contribution in [3.63, 3.8) is 0 Å². The van der Waals surface area contributed by atoms with Crippen LogP contribution in [0.5, 0.6) is 0 Å². The molecule has 0 aliphatic rings. The van der Waals surface area contributed by atoms with Crippen molar-refractivity contribution in [3.8, 4) is 0 Å². The highest BCUT2D eigenvalue weighted by molar-refractivity contribution is 4.65. The van der Waals surface area contributed by atoms with E-state index in [0.29, 0.717) is 6.42 Å². The van der Waals surface area contributed by atoms with Crippen molar-refractivity contribution in [2.24, 2.45) is 0 Å². The van der Waals surface area contributed by atoms with E-state index in [1.807, 2.05) is 7.05 Å². The third-order valence-electron chi connectivity index (χ3n) is 1.56. The molecule has 11 heavy (non-hydrogen) atoms. The van der Waals surface area contributed by atoms with E-state index in [1.165, 1.54) is 0 Å². The Bertz CT molecular complexity index is 89.8. The van der Waals surface area contributed by atoms with Gasteiger partial charge in [0.2, 0.25) is 0 Å². The summed E-state index contributed by atoms with van der Waals surface area (Å²) in [6.45, 7) is 0.440. The fourth-order valence-electron chi connectivity index (χ4n) is 0.802. The Labute approximate surface area is 66.9 Å². The summed E-state index contributed by atoms with van der Waals surface area (Å²) in [5.41, 5.74) is 0. The van der Waals surface area contributed by atoms with E-state index in [1.54, 1.807) is 0 Å². The average molecular weight is 163 g/mol. The van der Waals surface area contributed by atoms with Crippen LogP contribution in [0.15, 0.2) is 0 Å². The molecule has 2 atom stereocenters. The van der Waals surface area contributed by atoms with Gasteiger partial charge in [-0.25, -0.2) is 0 Å². The van der Waals surface area contributed by atoms with Crippen molar-refractivity contribution in [3.05, 3.63) is 0 Å². The minimum absolute atomic E-state index is 0.374. The molecular weight excluding hydrogens is 146 g/mol. The van der Waals surface area contributed by atoms with Crippen molar-refractivity contribution >= 4 is 0 Å².